The Labute approximate surface area is 166 Å². The topological polar surface area (TPSA) is 71.9 Å². The summed E-state index contributed by atoms with van der Waals surface area (Å²) in [5.41, 5.74) is -0.184. The van der Waals surface area contributed by atoms with Crippen molar-refractivity contribution in [3.63, 3.8) is 0 Å². The van der Waals surface area contributed by atoms with Gasteiger partial charge in [0.1, 0.15) is 5.75 Å². The van der Waals surface area contributed by atoms with E-state index in [9.17, 15) is 22.8 Å². The number of quaternary nitrogens is 1. The molecule has 0 saturated carbocycles. The molecule has 0 heterocycles. The Morgan fingerprint density at radius 1 is 0.966 bits per heavy atom. The normalized spacial score (nSPS) is 12.2. The minimum absolute atomic E-state index is 0.0402. The zero-order chi connectivity index (χ0) is 21.4. The molecule has 1 unspecified atom stereocenters. The van der Waals surface area contributed by atoms with Crippen LogP contribution in [-0.4, -0.2) is 38.6 Å². The molecule has 0 aliphatic rings. The fourth-order valence-electron chi connectivity index (χ4n) is 2.62. The second-order valence-corrected chi connectivity index (χ2v) is 6.36. The first kappa shape index (κ1) is 22.2. The molecular formula is C20H23F3N3O3+. The van der Waals surface area contributed by atoms with Gasteiger partial charge in [0, 0.05) is 11.4 Å². The molecule has 0 spiro atoms. The van der Waals surface area contributed by atoms with E-state index in [1.165, 1.54) is 12.1 Å². The van der Waals surface area contributed by atoms with Gasteiger partial charge in [-0.1, -0.05) is 6.07 Å². The number of nitrogens with one attached hydrogen (secondary N) is 3. The fraction of sp³-hybridized carbons (Fsp3) is 0.300. The zero-order valence-electron chi connectivity index (χ0n) is 16.1. The highest BCUT2D eigenvalue weighted by Crippen LogP contribution is 2.30. The van der Waals surface area contributed by atoms with Crippen molar-refractivity contribution in [2.75, 3.05) is 37.4 Å². The molecule has 29 heavy (non-hydrogen) atoms. The van der Waals surface area contributed by atoms with E-state index in [1.54, 1.807) is 31.4 Å². The van der Waals surface area contributed by atoms with Gasteiger partial charge >= 0.3 is 6.18 Å². The van der Waals surface area contributed by atoms with Crippen LogP contribution in [0.2, 0.25) is 0 Å². The first-order chi connectivity index (χ1) is 13.7. The van der Waals surface area contributed by atoms with E-state index in [1.807, 2.05) is 6.92 Å². The number of carbonyl (C=O) groups excluding carboxylic acids is 2. The summed E-state index contributed by atoms with van der Waals surface area (Å²) < 4.78 is 43.4. The van der Waals surface area contributed by atoms with E-state index in [0.717, 1.165) is 12.1 Å². The summed E-state index contributed by atoms with van der Waals surface area (Å²) in [6.45, 7) is 2.29. The van der Waals surface area contributed by atoms with Crippen LogP contribution >= 0.6 is 0 Å². The molecule has 9 heteroatoms. The highest BCUT2D eigenvalue weighted by atomic mass is 19.4. The highest BCUT2D eigenvalue weighted by Gasteiger charge is 2.30. The highest BCUT2D eigenvalue weighted by molar-refractivity contribution is 5.93. The maximum absolute atomic E-state index is 12.8. The van der Waals surface area contributed by atoms with Gasteiger partial charge in [-0.2, -0.15) is 13.2 Å². The average Bonchev–Trinajstić information content (AvgIpc) is 2.67. The molecule has 0 radical (unpaired) electrons. The summed E-state index contributed by atoms with van der Waals surface area (Å²) in [4.78, 5) is 25.1. The molecule has 2 aromatic rings. The number of likely N-dealkylation sites (N-methyl/N-ethyl adjacent to an activating group) is 1. The van der Waals surface area contributed by atoms with Crippen LogP contribution in [0.4, 0.5) is 24.5 Å². The van der Waals surface area contributed by atoms with Gasteiger partial charge in [0.05, 0.1) is 19.2 Å². The van der Waals surface area contributed by atoms with Gasteiger partial charge in [0.2, 0.25) is 0 Å². The van der Waals surface area contributed by atoms with Crippen LogP contribution in [0.5, 0.6) is 5.75 Å². The van der Waals surface area contributed by atoms with Gasteiger partial charge in [-0.15, -0.1) is 0 Å². The Hall–Kier alpha value is -3.07. The van der Waals surface area contributed by atoms with E-state index >= 15 is 0 Å². The van der Waals surface area contributed by atoms with Crippen molar-refractivity contribution in [2.45, 2.75) is 13.1 Å². The minimum atomic E-state index is -4.49. The number of rotatable bonds is 8. The van der Waals surface area contributed by atoms with Crippen molar-refractivity contribution < 1.29 is 32.4 Å². The van der Waals surface area contributed by atoms with Crippen LogP contribution < -0.4 is 20.3 Å². The van der Waals surface area contributed by atoms with Crippen LogP contribution in [0.3, 0.4) is 0 Å². The van der Waals surface area contributed by atoms with E-state index in [0.29, 0.717) is 22.9 Å². The van der Waals surface area contributed by atoms with Crippen molar-refractivity contribution in [3.8, 4) is 5.75 Å². The summed E-state index contributed by atoms with van der Waals surface area (Å²) in [7, 11) is 1.54. The Morgan fingerprint density at radius 2 is 1.55 bits per heavy atom. The van der Waals surface area contributed by atoms with Crippen LogP contribution in [0.15, 0.2) is 48.5 Å². The second kappa shape index (κ2) is 9.92. The van der Waals surface area contributed by atoms with Crippen molar-refractivity contribution in [1.29, 1.82) is 0 Å². The summed E-state index contributed by atoms with van der Waals surface area (Å²) in [6.07, 6.45) is -4.49. The monoisotopic (exact) mass is 410 g/mol. The molecule has 1 atom stereocenters. The summed E-state index contributed by atoms with van der Waals surface area (Å²) in [6, 6.07) is 11.2. The number of anilines is 2. The summed E-state index contributed by atoms with van der Waals surface area (Å²) in [5, 5.41) is 5.18. The van der Waals surface area contributed by atoms with Crippen LogP contribution in [0, 0.1) is 0 Å². The molecule has 0 bridgehead atoms. The number of ether oxygens (including phenoxy) is 1. The smallest absolute Gasteiger partial charge is 0.416 e. The number of benzene rings is 2. The maximum atomic E-state index is 12.8. The predicted octanol–water partition coefficient (Wildman–Crippen LogP) is 2.20. The molecule has 2 amide bonds. The van der Waals surface area contributed by atoms with Gasteiger partial charge in [0.15, 0.2) is 13.1 Å². The average molecular weight is 410 g/mol. The SMILES string of the molecule is CC[NH+](CC(=O)Nc1ccc(OC)cc1)CC(=O)Nc1cccc(C(F)(F)F)c1. The van der Waals surface area contributed by atoms with Crippen molar-refractivity contribution in [3.05, 3.63) is 54.1 Å². The predicted molar refractivity (Wildman–Crippen MR) is 103 cm³/mol. The quantitative estimate of drug-likeness (QED) is 0.625. The van der Waals surface area contributed by atoms with Crippen LogP contribution in [0.1, 0.15) is 12.5 Å². The fourth-order valence-corrected chi connectivity index (χ4v) is 2.62. The van der Waals surface area contributed by atoms with Gasteiger partial charge in [-0.3, -0.25) is 9.59 Å². The molecule has 0 saturated heterocycles. The molecule has 6 nitrogen and oxygen atoms in total. The van der Waals surface area contributed by atoms with E-state index in [4.69, 9.17) is 4.74 Å². The lowest BCUT2D eigenvalue weighted by Crippen LogP contribution is -3.13. The first-order valence-corrected chi connectivity index (χ1v) is 8.96. The van der Waals surface area contributed by atoms with Gasteiger partial charge in [0.25, 0.3) is 11.8 Å². The molecule has 0 fully saturated rings. The van der Waals surface area contributed by atoms with Crippen molar-refractivity contribution in [1.82, 2.24) is 0 Å². The zero-order valence-corrected chi connectivity index (χ0v) is 16.1. The lowest BCUT2D eigenvalue weighted by atomic mass is 10.2. The van der Waals surface area contributed by atoms with E-state index in [-0.39, 0.29) is 24.7 Å². The Balaban J connectivity index is 1.89. The second-order valence-electron chi connectivity index (χ2n) is 6.36. The lowest BCUT2D eigenvalue weighted by molar-refractivity contribution is -0.881. The van der Waals surface area contributed by atoms with Gasteiger partial charge in [-0.25, -0.2) is 0 Å². The van der Waals surface area contributed by atoms with Gasteiger partial charge < -0.3 is 20.3 Å². The number of methoxy groups -OCH3 is 1. The number of amides is 2. The molecule has 0 aliphatic carbocycles. The third kappa shape index (κ3) is 7.11. The van der Waals surface area contributed by atoms with Crippen molar-refractivity contribution in [2.24, 2.45) is 0 Å². The van der Waals surface area contributed by atoms with Gasteiger partial charge in [-0.05, 0) is 49.4 Å². The van der Waals surface area contributed by atoms with Crippen LogP contribution in [-0.2, 0) is 15.8 Å². The molecule has 0 aromatic heterocycles. The Kier molecular flexibility index (Phi) is 7.60. The van der Waals surface area contributed by atoms with Crippen molar-refractivity contribution >= 4 is 23.2 Å². The lowest BCUT2D eigenvalue weighted by Gasteiger charge is -2.17. The molecule has 2 aromatic carbocycles. The van der Waals surface area contributed by atoms with E-state index < -0.39 is 17.6 Å². The summed E-state index contributed by atoms with van der Waals surface area (Å²) >= 11 is 0. The third-order valence-electron chi connectivity index (χ3n) is 4.17. The largest absolute Gasteiger partial charge is 0.497 e. The number of carbonyl (C=O) groups is 2. The number of halogens is 3. The number of hydrogen-bond acceptors (Lipinski definition) is 3. The Morgan fingerprint density at radius 3 is 2.07 bits per heavy atom. The third-order valence-corrected chi connectivity index (χ3v) is 4.17. The molecular weight excluding hydrogens is 387 g/mol. The Bertz CT molecular complexity index is 839. The van der Waals surface area contributed by atoms with Crippen LogP contribution in [0.25, 0.3) is 0 Å². The standard InChI is InChI=1S/C20H22F3N3O3/c1-3-26(12-18(27)24-15-7-9-17(29-2)10-8-15)13-19(28)25-16-6-4-5-14(11-16)20(21,22)23/h4-11H,3,12-13H2,1-2H3,(H,24,27)(H,25,28)/p+1. The minimum Gasteiger partial charge on any atom is -0.497 e. The maximum Gasteiger partial charge on any atom is 0.416 e. The number of alkyl halides is 3. The van der Waals surface area contributed by atoms with E-state index in [2.05, 4.69) is 10.6 Å². The molecule has 156 valence electrons. The first-order valence-electron chi connectivity index (χ1n) is 8.96. The number of hydrogen-bond donors (Lipinski definition) is 3. The molecule has 0 aliphatic heterocycles. The molecule has 3 N–H and O–H groups in total. The summed E-state index contributed by atoms with van der Waals surface area (Å²) in [5.74, 6) is -0.0904. The molecule has 2 rings (SSSR count).